The van der Waals surface area contributed by atoms with Crippen LogP contribution >= 0.6 is 0 Å². The smallest absolute Gasteiger partial charge is 0.391 e. The molecule has 1 heterocycles. The summed E-state index contributed by atoms with van der Waals surface area (Å²) in [6, 6.07) is 6.03. The number of ether oxygens (including phenoxy) is 1. The van der Waals surface area contributed by atoms with E-state index in [-0.39, 0.29) is 31.4 Å². The summed E-state index contributed by atoms with van der Waals surface area (Å²) in [4.78, 5) is 10.3. The third-order valence-corrected chi connectivity index (χ3v) is 4.48. The van der Waals surface area contributed by atoms with E-state index in [1.54, 1.807) is 18.2 Å². The first-order chi connectivity index (χ1) is 11.8. The normalized spacial score (nSPS) is 21.2. The lowest BCUT2D eigenvalue weighted by atomic mass is 9.87. The van der Waals surface area contributed by atoms with Gasteiger partial charge in [0.15, 0.2) is 0 Å². The summed E-state index contributed by atoms with van der Waals surface area (Å²) in [6.45, 7) is 0. The van der Waals surface area contributed by atoms with E-state index in [1.807, 2.05) is 0 Å². The van der Waals surface area contributed by atoms with E-state index in [2.05, 4.69) is 0 Å². The quantitative estimate of drug-likeness (QED) is 0.393. The van der Waals surface area contributed by atoms with Crippen molar-refractivity contribution in [2.75, 3.05) is 0 Å². The molecule has 0 spiro atoms. The van der Waals surface area contributed by atoms with Crippen LogP contribution in [0.2, 0.25) is 0 Å². The Morgan fingerprint density at radius 1 is 1.24 bits per heavy atom. The molecule has 6 nitrogen and oxygen atoms in total. The molecule has 0 atom stereocenters. The standard InChI is InChI=1S/C16H16F3N2O4/c17-16(18,19)10-4-6-12(7-5-10)25-15-3-1-2-14-13(15)8-11(21(23)24)9-20(14)22/h1-3,8-10,12,22H,4-7H2/q+1. The molecule has 0 bridgehead atoms. The number of nitrogens with zero attached hydrogens (tertiary/aromatic N) is 2. The predicted molar refractivity (Wildman–Crippen MR) is 80.4 cm³/mol. The van der Waals surface area contributed by atoms with E-state index in [1.165, 1.54) is 6.07 Å². The largest absolute Gasteiger partial charge is 0.490 e. The third-order valence-electron chi connectivity index (χ3n) is 4.48. The lowest BCUT2D eigenvalue weighted by Crippen LogP contribution is -2.32. The Morgan fingerprint density at radius 2 is 1.92 bits per heavy atom. The zero-order chi connectivity index (χ0) is 18.2. The van der Waals surface area contributed by atoms with E-state index in [0.717, 1.165) is 6.20 Å². The van der Waals surface area contributed by atoms with Gasteiger partial charge in [-0.15, -0.1) is 0 Å². The number of hydrogen-bond acceptors (Lipinski definition) is 4. The number of halogens is 3. The molecule has 134 valence electrons. The van der Waals surface area contributed by atoms with Crippen LogP contribution in [-0.2, 0) is 0 Å². The van der Waals surface area contributed by atoms with Crippen LogP contribution in [0, 0.1) is 16.0 Å². The van der Waals surface area contributed by atoms with Gasteiger partial charge in [-0.2, -0.15) is 13.2 Å². The first kappa shape index (κ1) is 17.2. The zero-order valence-corrected chi connectivity index (χ0v) is 13.1. The topological polar surface area (TPSA) is 76.5 Å². The summed E-state index contributed by atoms with van der Waals surface area (Å²) in [7, 11) is 0. The van der Waals surface area contributed by atoms with Crippen molar-refractivity contribution in [3.8, 4) is 5.75 Å². The van der Waals surface area contributed by atoms with Crippen molar-refractivity contribution in [3.63, 3.8) is 0 Å². The average Bonchev–Trinajstić information content (AvgIpc) is 2.55. The molecule has 1 N–H and O–H groups in total. The lowest BCUT2D eigenvalue weighted by Gasteiger charge is -2.30. The van der Waals surface area contributed by atoms with E-state index < -0.39 is 23.1 Å². The molecule has 1 aliphatic rings. The minimum atomic E-state index is -4.19. The monoisotopic (exact) mass is 357 g/mol. The fourth-order valence-corrected chi connectivity index (χ4v) is 3.15. The van der Waals surface area contributed by atoms with Gasteiger partial charge in [-0.1, -0.05) is 6.07 Å². The summed E-state index contributed by atoms with van der Waals surface area (Å²) in [5.41, 5.74) is -0.00101. The van der Waals surface area contributed by atoms with Crippen LogP contribution in [0.15, 0.2) is 30.5 Å². The fraction of sp³-hybridized carbons (Fsp3) is 0.438. The Balaban J connectivity index is 1.84. The molecule has 0 amide bonds. The molecule has 1 fully saturated rings. The molecular weight excluding hydrogens is 341 g/mol. The number of benzene rings is 1. The van der Waals surface area contributed by atoms with Crippen LogP contribution in [0.25, 0.3) is 10.9 Å². The molecule has 0 radical (unpaired) electrons. The van der Waals surface area contributed by atoms with Gasteiger partial charge in [0.2, 0.25) is 0 Å². The highest BCUT2D eigenvalue weighted by Crippen LogP contribution is 2.39. The molecule has 1 aliphatic carbocycles. The van der Waals surface area contributed by atoms with Gasteiger partial charge in [-0.05, 0) is 31.7 Å². The van der Waals surface area contributed by atoms with Gasteiger partial charge in [0.05, 0.1) is 16.9 Å². The molecule has 25 heavy (non-hydrogen) atoms. The first-order valence-corrected chi connectivity index (χ1v) is 7.81. The maximum Gasteiger partial charge on any atom is 0.391 e. The number of pyridine rings is 1. The zero-order valence-electron chi connectivity index (χ0n) is 13.1. The Labute approximate surface area is 140 Å². The highest BCUT2D eigenvalue weighted by Gasteiger charge is 2.41. The van der Waals surface area contributed by atoms with Crippen LogP contribution in [0.5, 0.6) is 5.75 Å². The molecular formula is C16H16F3N2O4+. The Hall–Kier alpha value is -2.58. The minimum absolute atomic E-state index is 0.000912. The maximum absolute atomic E-state index is 12.7. The molecule has 2 aromatic rings. The Bertz CT molecular complexity index is 802. The van der Waals surface area contributed by atoms with Gasteiger partial charge in [0.1, 0.15) is 11.1 Å². The van der Waals surface area contributed by atoms with Gasteiger partial charge in [-0.3, -0.25) is 15.3 Å². The maximum atomic E-state index is 12.7. The van der Waals surface area contributed by atoms with Gasteiger partial charge < -0.3 is 4.74 Å². The molecule has 1 aromatic heterocycles. The molecule has 1 aromatic carbocycles. The van der Waals surface area contributed by atoms with Crippen molar-refractivity contribution in [2.24, 2.45) is 5.92 Å². The van der Waals surface area contributed by atoms with Crippen LogP contribution in [0.3, 0.4) is 0 Å². The van der Waals surface area contributed by atoms with Gasteiger partial charge in [0, 0.05) is 16.9 Å². The van der Waals surface area contributed by atoms with Crippen molar-refractivity contribution in [1.29, 1.82) is 0 Å². The predicted octanol–water partition coefficient (Wildman–Crippen LogP) is 3.77. The summed E-state index contributed by atoms with van der Waals surface area (Å²) in [5.74, 6) is -1.000. The summed E-state index contributed by atoms with van der Waals surface area (Å²) >= 11 is 0. The van der Waals surface area contributed by atoms with Crippen molar-refractivity contribution >= 4 is 16.6 Å². The first-order valence-electron chi connectivity index (χ1n) is 7.81. The SMILES string of the molecule is O=[N+]([O-])c1cc2c(OC3CCC(C(F)(F)F)CC3)cccc2[n+](O)c1. The molecule has 0 unspecified atom stereocenters. The molecule has 1 saturated carbocycles. The number of fused-ring (bicyclic) bond motifs is 1. The van der Waals surface area contributed by atoms with E-state index in [4.69, 9.17) is 4.74 Å². The van der Waals surface area contributed by atoms with E-state index in [0.29, 0.717) is 21.4 Å². The van der Waals surface area contributed by atoms with Crippen LogP contribution in [0.1, 0.15) is 25.7 Å². The van der Waals surface area contributed by atoms with Crippen molar-refractivity contribution < 1.29 is 32.8 Å². The summed E-state index contributed by atoms with van der Waals surface area (Å²) < 4.78 is 44.6. The van der Waals surface area contributed by atoms with E-state index >= 15 is 0 Å². The minimum Gasteiger partial charge on any atom is -0.490 e. The summed E-state index contributed by atoms with van der Waals surface area (Å²) in [6.07, 6.45) is -3.09. The lowest BCUT2D eigenvalue weighted by molar-refractivity contribution is -0.885. The fourth-order valence-electron chi connectivity index (χ4n) is 3.15. The molecule has 0 aliphatic heterocycles. The number of hydrogen-bond donors (Lipinski definition) is 1. The third kappa shape index (κ3) is 3.59. The number of alkyl halides is 3. The molecule has 3 rings (SSSR count). The van der Waals surface area contributed by atoms with Crippen molar-refractivity contribution in [1.82, 2.24) is 0 Å². The molecule has 0 saturated heterocycles. The second-order valence-corrected chi connectivity index (χ2v) is 6.12. The highest BCUT2D eigenvalue weighted by molar-refractivity contribution is 5.84. The Kier molecular flexibility index (Phi) is 4.40. The summed E-state index contributed by atoms with van der Waals surface area (Å²) in [5, 5.41) is 21.2. The van der Waals surface area contributed by atoms with Crippen molar-refractivity contribution in [3.05, 3.63) is 40.6 Å². The van der Waals surface area contributed by atoms with Crippen molar-refractivity contribution in [2.45, 2.75) is 38.0 Å². The van der Waals surface area contributed by atoms with E-state index in [9.17, 15) is 28.5 Å². The Morgan fingerprint density at radius 3 is 2.52 bits per heavy atom. The second kappa shape index (κ2) is 6.38. The number of aromatic nitrogens is 1. The average molecular weight is 357 g/mol. The van der Waals surface area contributed by atoms with Gasteiger partial charge in [0.25, 0.3) is 11.7 Å². The van der Waals surface area contributed by atoms with Crippen LogP contribution < -0.4 is 9.47 Å². The van der Waals surface area contributed by atoms with Gasteiger partial charge in [-0.25, -0.2) is 0 Å². The van der Waals surface area contributed by atoms with Gasteiger partial charge >= 0.3 is 11.9 Å². The number of nitro groups is 1. The molecule has 9 heteroatoms. The second-order valence-electron chi connectivity index (χ2n) is 6.12. The van der Waals surface area contributed by atoms with Crippen LogP contribution in [0.4, 0.5) is 18.9 Å². The number of rotatable bonds is 3. The highest BCUT2D eigenvalue weighted by atomic mass is 19.4. The van der Waals surface area contributed by atoms with Crippen LogP contribution in [-0.4, -0.2) is 22.4 Å².